The van der Waals surface area contributed by atoms with Gasteiger partial charge in [0.25, 0.3) is 0 Å². The molecule has 2 atom stereocenters. The number of carbonyl (C=O) groups is 1. The minimum Gasteiger partial charge on any atom is -0.367 e. The van der Waals surface area contributed by atoms with Crippen molar-refractivity contribution in [3.05, 3.63) is 51.9 Å². The fourth-order valence-electron chi connectivity index (χ4n) is 4.52. The first-order chi connectivity index (χ1) is 14.5. The van der Waals surface area contributed by atoms with Crippen molar-refractivity contribution >= 4 is 28.3 Å². The molecule has 2 saturated heterocycles. The van der Waals surface area contributed by atoms with E-state index in [2.05, 4.69) is 32.3 Å². The number of piperazine rings is 1. The van der Waals surface area contributed by atoms with Crippen LogP contribution in [0.3, 0.4) is 0 Å². The summed E-state index contributed by atoms with van der Waals surface area (Å²) in [6.45, 7) is 7.88. The number of piperidine rings is 1. The molecule has 30 heavy (non-hydrogen) atoms. The van der Waals surface area contributed by atoms with Gasteiger partial charge in [0.2, 0.25) is 0 Å². The van der Waals surface area contributed by atoms with Crippen LogP contribution in [0, 0.1) is 20.8 Å². The van der Waals surface area contributed by atoms with Gasteiger partial charge >= 0.3 is 6.03 Å². The number of aromatic nitrogens is 2. The Balaban J connectivity index is 1.49. The van der Waals surface area contributed by atoms with Crippen molar-refractivity contribution in [1.82, 2.24) is 19.8 Å². The largest absolute Gasteiger partial charge is 0.367 e. The Morgan fingerprint density at radius 3 is 2.93 bits per heavy atom. The molecule has 3 aliphatic heterocycles. The Morgan fingerprint density at radius 2 is 2.17 bits per heavy atom. The van der Waals surface area contributed by atoms with E-state index in [-0.39, 0.29) is 18.1 Å². The number of dihydropyridines is 1. The van der Waals surface area contributed by atoms with Gasteiger partial charge in [-0.25, -0.2) is 9.78 Å². The number of aryl methyl sites for hydroxylation is 3. The number of amides is 2. The van der Waals surface area contributed by atoms with Gasteiger partial charge < -0.3 is 4.90 Å². The third-order valence-electron chi connectivity index (χ3n) is 6.14. The summed E-state index contributed by atoms with van der Waals surface area (Å²) < 4.78 is 0. The third kappa shape index (κ3) is 3.39. The van der Waals surface area contributed by atoms with Crippen molar-refractivity contribution < 1.29 is 4.79 Å². The first-order valence-electron chi connectivity index (χ1n) is 10.5. The second-order valence-electron chi connectivity index (χ2n) is 8.23. The summed E-state index contributed by atoms with van der Waals surface area (Å²) in [5, 5.41) is 3.68. The number of fused-ring (bicyclic) bond motifs is 4. The maximum atomic E-state index is 13.4. The van der Waals surface area contributed by atoms with Gasteiger partial charge in [-0.2, -0.15) is 0 Å². The number of amidine groups is 1. The highest BCUT2D eigenvalue weighted by molar-refractivity contribution is 7.15. The molecule has 0 saturated carbocycles. The molecule has 156 valence electrons. The number of urea groups is 1. The van der Waals surface area contributed by atoms with E-state index < -0.39 is 0 Å². The lowest BCUT2D eigenvalue weighted by atomic mass is 9.95. The molecule has 2 aromatic heterocycles. The van der Waals surface area contributed by atoms with E-state index in [1.165, 1.54) is 11.3 Å². The summed E-state index contributed by atoms with van der Waals surface area (Å²) in [7, 11) is 0. The Hall–Kier alpha value is -2.74. The molecular weight excluding hydrogens is 396 g/mol. The van der Waals surface area contributed by atoms with Gasteiger partial charge in [0.1, 0.15) is 0 Å². The third-order valence-corrected chi connectivity index (χ3v) is 7.13. The van der Waals surface area contributed by atoms with Crippen LogP contribution in [0.15, 0.2) is 35.1 Å². The van der Waals surface area contributed by atoms with Gasteiger partial charge in [0, 0.05) is 29.9 Å². The van der Waals surface area contributed by atoms with Crippen LogP contribution in [-0.4, -0.2) is 50.8 Å². The molecule has 2 unspecified atom stereocenters. The molecule has 5 heterocycles. The number of carbonyl (C=O) groups excluding carboxylic acids is 1. The van der Waals surface area contributed by atoms with E-state index in [9.17, 15) is 4.79 Å². The van der Waals surface area contributed by atoms with Crippen LogP contribution in [0.1, 0.15) is 47.1 Å². The molecule has 2 fully saturated rings. The molecule has 0 radical (unpaired) electrons. The van der Waals surface area contributed by atoms with Crippen molar-refractivity contribution in [1.29, 1.82) is 0 Å². The predicted molar refractivity (Wildman–Crippen MR) is 119 cm³/mol. The topological polar surface area (TPSA) is 73.7 Å². The van der Waals surface area contributed by atoms with Crippen molar-refractivity contribution in [2.24, 2.45) is 4.99 Å². The van der Waals surface area contributed by atoms with Gasteiger partial charge in [-0.15, -0.1) is 11.3 Å². The molecular formula is C22H26N6OS. The average Bonchev–Trinajstić information content (AvgIpc) is 3.04. The number of aliphatic imine (C=N–C) groups is 1. The zero-order valence-electron chi connectivity index (χ0n) is 17.6. The minimum atomic E-state index is -0.133. The maximum Gasteiger partial charge on any atom is 0.329 e. The first kappa shape index (κ1) is 19.2. The highest BCUT2D eigenvalue weighted by atomic mass is 32.1. The molecule has 2 aromatic rings. The second kappa shape index (κ2) is 7.50. The molecule has 7 nitrogen and oxygen atoms in total. The monoisotopic (exact) mass is 422 g/mol. The number of hydrogen-bond acceptors (Lipinski definition) is 6. The fraction of sp³-hybridized carbons (Fsp3) is 0.455. The predicted octanol–water partition coefficient (Wildman–Crippen LogP) is 4.20. The molecule has 2 bridgehead atoms. The highest BCUT2D eigenvalue weighted by Gasteiger charge is 2.42. The zero-order chi connectivity index (χ0) is 20.8. The van der Waals surface area contributed by atoms with Gasteiger partial charge in [-0.3, -0.25) is 20.2 Å². The lowest BCUT2D eigenvalue weighted by Crippen LogP contribution is -2.61. The lowest BCUT2D eigenvalue weighted by molar-refractivity contribution is 0.154. The van der Waals surface area contributed by atoms with Crippen molar-refractivity contribution in [3.63, 3.8) is 0 Å². The number of nitrogens with zero attached hydrogens (tertiary/aromatic N) is 5. The van der Waals surface area contributed by atoms with Crippen molar-refractivity contribution in [3.8, 4) is 0 Å². The van der Waals surface area contributed by atoms with E-state index in [1.807, 2.05) is 37.9 Å². The van der Waals surface area contributed by atoms with Gasteiger partial charge in [-0.1, -0.05) is 6.08 Å². The lowest BCUT2D eigenvalue weighted by Gasteiger charge is -2.48. The Bertz CT molecular complexity index is 1040. The molecule has 8 heteroatoms. The molecule has 0 aliphatic carbocycles. The molecule has 2 amide bonds. The Labute approximate surface area is 180 Å². The summed E-state index contributed by atoms with van der Waals surface area (Å²) in [5.74, 6) is 0.791. The van der Waals surface area contributed by atoms with E-state index in [1.54, 1.807) is 0 Å². The summed E-state index contributed by atoms with van der Waals surface area (Å²) in [5.41, 5.74) is 4.18. The van der Waals surface area contributed by atoms with Gasteiger partial charge in [0.05, 0.1) is 23.5 Å². The summed E-state index contributed by atoms with van der Waals surface area (Å²) in [6, 6.07) is 4.12. The van der Waals surface area contributed by atoms with E-state index in [0.29, 0.717) is 5.13 Å². The SMILES string of the molecule is Cc1cc(C2CC=C3C(=N2)N(C(=O)Nc2nc(C)c(C)s2)C2CCCN3C2)ccn1. The van der Waals surface area contributed by atoms with Crippen LogP contribution >= 0.6 is 11.3 Å². The van der Waals surface area contributed by atoms with Crippen LogP contribution in [0.5, 0.6) is 0 Å². The molecule has 0 aromatic carbocycles. The first-order valence-corrected chi connectivity index (χ1v) is 11.3. The number of thiazole rings is 1. The summed E-state index contributed by atoms with van der Waals surface area (Å²) in [6.07, 6.45) is 7.00. The fourth-order valence-corrected chi connectivity index (χ4v) is 5.32. The average molecular weight is 423 g/mol. The summed E-state index contributed by atoms with van der Waals surface area (Å²) in [4.78, 5) is 32.7. The number of anilines is 1. The molecule has 5 rings (SSSR count). The van der Waals surface area contributed by atoms with E-state index >= 15 is 0 Å². The van der Waals surface area contributed by atoms with E-state index in [0.717, 1.165) is 65.7 Å². The van der Waals surface area contributed by atoms with Crippen LogP contribution < -0.4 is 5.32 Å². The van der Waals surface area contributed by atoms with Crippen LogP contribution in [0.2, 0.25) is 0 Å². The summed E-state index contributed by atoms with van der Waals surface area (Å²) >= 11 is 1.52. The molecule has 1 N–H and O–H groups in total. The molecule has 3 aliphatic rings. The van der Waals surface area contributed by atoms with Crippen molar-refractivity contribution in [2.75, 3.05) is 18.4 Å². The smallest absolute Gasteiger partial charge is 0.329 e. The normalized spacial score (nSPS) is 22.9. The van der Waals surface area contributed by atoms with E-state index in [4.69, 9.17) is 4.99 Å². The Morgan fingerprint density at radius 1 is 1.30 bits per heavy atom. The highest BCUT2D eigenvalue weighted by Crippen LogP contribution is 2.36. The molecule has 0 spiro atoms. The van der Waals surface area contributed by atoms with Crippen LogP contribution in [0.25, 0.3) is 0 Å². The van der Waals surface area contributed by atoms with Gasteiger partial charge in [0.15, 0.2) is 11.0 Å². The standard InChI is InChI=1S/C22H26N6OS/c1-13-11-16(8-9-23-13)18-6-7-19-20(25-18)28(17-5-4-10-27(19)12-17)22(29)26-21-24-14(2)15(3)30-21/h7-9,11,17-18H,4-6,10,12H2,1-3H3,(H,24,26,29). The van der Waals surface area contributed by atoms with Crippen molar-refractivity contribution in [2.45, 2.75) is 52.1 Å². The van der Waals surface area contributed by atoms with Crippen LogP contribution in [-0.2, 0) is 0 Å². The zero-order valence-corrected chi connectivity index (χ0v) is 18.4. The van der Waals surface area contributed by atoms with Crippen LogP contribution in [0.4, 0.5) is 9.93 Å². The number of rotatable bonds is 2. The number of nitrogens with one attached hydrogen (secondary N) is 1. The minimum absolute atomic E-state index is 0.00475. The number of pyridine rings is 1. The second-order valence-corrected chi connectivity index (χ2v) is 9.43. The quantitative estimate of drug-likeness (QED) is 0.787. The van der Waals surface area contributed by atoms with Gasteiger partial charge in [-0.05, 0) is 57.7 Å². The number of hydrogen-bond donors (Lipinski definition) is 1. The maximum absolute atomic E-state index is 13.4. The Kier molecular flexibility index (Phi) is 4.81.